The van der Waals surface area contributed by atoms with Gasteiger partial charge in [0.25, 0.3) is 0 Å². The molecule has 0 heterocycles. The molecule has 8 nitrogen and oxygen atoms in total. The second-order valence-corrected chi connectivity index (χ2v) is 11.4. The maximum absolute atomic E-state index is 13.8. The monoisotopic (exact) mass is 533 g/mol. The van der Waals surface area contributed by atoms with Gasteiger partial charge in [0.1, 0.15) is 24.2 Å². The number of ether oxygens (including phenoxy) is 1. The van der Waals surface area contributed by atoms with E-state index < -0.39 is 34.3 Å². The lowest BCUT2D eigenvalue weighted by atomic mass is 10.1. The number of amides is 2. The average molecular weight is 534 g/mol. The third-order valence-electron chi connectivity index (χ3n) is 6.64. The lowest BCUT2D eigenvalue weighted by molar-refractivity contribution is -0.140. The van der Waals surface area contributed by atoms with Crippen LogP contribution in [0.3, 0.4) is 0 Å². The summed E-state index contributed by atoms with van der Waals surface area (Å²) in [6, 6.07) is 9.99. The van der Waals surface area contributed by atoms with Crippen LogP contribution >= 0.6 is 0 Å². The minimum absolute atomic E-state index is 0.0261. The highest BCUT2D eigenvalue weighted by atomic mass is 32.2. The molecule has 2 amide bonds. The Morgan fingerprint density at radius 1 is 1.14 bits per heavy atom. The zero-order valence-corrected chi connectivity index (χ0v) is 22.7. The molecule has 0 aromatic heterocycles. The third-order valence-corrected chi connectivity index (χ3v) is 7.76. The van der Waals surface area contributed by atoms with Gasteiger partial charge in [0.2, 0.25) is 21.8 Å². The van der Waals surface area contributed by atoms with Crippen LogP contribution < -0.4 is 14.4 Å². The Bertz CT molecular complexity index is 1200. The summed E-state index contributed by atoms with van der Waals surface area (Å²) >= 11 is 0. The van der Waals surface area contributed by atoms with Crippen molar-refractivity contribution in [2.45, 2.75) is 64.6 Å². The van der Waals surface area contributed by atoms with Crippen molar-refractivity contribution in [1.29, 1.82) is 0 Å². The summed E-state index contributed by atoms with van der Waals surface area (Å²) in [4.78, 5) is 28.5. The molecule has 1 aliphatic rings. The summed E-state index contributed by atoms with van der Waals surface area (Å²) in [5.41, 5.74) is 1.66. The summed E-state index contributed by atoms with van der Waals surface area (Å²) in [7, 11) is -2.46. The predicted molar refractivity (Wildman–Crippen MR) is 141 cm³/mol. The standard InChI is InChI=1S/C27H36FN3O5S/c1-5-23(27(33)29-22-8-6-7-9-22)30(17-20-11-13-21(28)14-12-20)26(32)18-31(37(4,34)35)24-16-19(2)10-15-25(24)36-3/h10-16,22-23H,5-9,17-18H2,1-4H3,(H,29,33)/t23-/m0/s1. The highest BCUT2D eigenvalue weighted by Crippen LogP contribution is 2.31. The van der Waals surface area contributed by atoms with Gasteiger partial charge in [-0.25, -0.2) is 12.8 Å². The molecule has 0 bridgehead atoms. The summed E-state index contributed by atoms with van der Waals surface area (Å²) in [6.45, 7) is 3.12. The first-order chi connectivity index (χ1) is 17.5. The Morgan fingerprint density at radius 2 is 1.78 bits per heavy atom. The van der Waals surface area contributed by atoms with Gasteiger partial charge in [0.15, 0.2) is 0 Å². The van der Waals surface area contributed by atoms with Gasteiger partial charge in [-0.2, -0.15) is 0 Å². The van der Waals surface area contributed by atoms with Crippen molar-refractivity contribution in [3.8, 4) is 5.75 Å². The molecule has 2 aromatic rings. The molecule has 1 fully saturated rings. The third kappa shape index (κ3) is 7.44. The van der Waals surface area contributed by atoms with E-state index in [2.05, 4.69) is 5.32 Å². The molecule has 37 heavy (non-hydrogen) atoms. The van der Waals surface area contributed by atoms with E-state index >= 15 is 0 Å². The summed E-state index contributed by atoms with van der Waals surface area (Å²) in [5, 5.41) is 3.06. The first-order valence-corrected chi connectivity index (χ1v) is 14.3. The molecule has 0 saturated heterocycles. The van der Waals surface area contributed by atoms with Crippen molar-refractivity contribution < 1.29 is 27.1 Å². The zero-order valence-electron chi connectivity index (χ0n) is 21.9. The maximum atomic E-state index is 13.8. The smallest absolute Gasteiger partial charge is 0.244 e. The van der Waals surface area contributed by atoms with Crippen LogP contribution in [0.4, 0.5) is 10.1 Å². The van der Waals surface area contributed by atoms with Gasteiger partial charge in [-0.05, 0) is 61.6 Å². The minimum atomic E-state index is -3.89. The number of hydrogen-bond acceptors (Lipinski definition) is 5. The summed E-state index contributed by atoms with van der Waals surface area (Å²) in [6.07, 6.45) is 5.23. The number of rotatable bonds is 11. The second-order valence-electron chi connectivity index (χ2n) is 9.51. The molecule has 2 aromatic carbocycles. The molecule has 0 unspecified atom stereocenters. The van der Waals surface area contributed by atoms with E-state index in [0.29, 0.717) is 17.7 Å². The Kier molecular flexibility index (Phi) is 9.53. The molecule has 1 aliphatic carbocycles. The van der Waals surface area contributed by atoms with E-state index in [9.17, 15) is 22.4 Å². The van der Waals surface area contributed by atoms with Crippen LogP contribution in [0.15, 0.2) is 42.5 Å². The first kappa shape index (κ1) is 28.4. The van der Waals surface area contributed by atoms with Crippen LogP contribution in [-0.4, -0.2) is 57.1 Å². The van der Waals surface area contributed by atoms with E-state index in [1.807, 2.05) is 13.8 Å². The van der Waals surface area contributed by atoms with Crippen LogP contribution in [0, 0.1) is 12.7 Å². The molecule has 202 valence electrons. The zero-order chi connectivity index (χ0) is 27.2. The topological polar surface area (TPSA) is 96.0 Å². The van der Waals surface area contributed by atoms with Crippen LogP contribution in [0.2, 0.25) is 0 Å². The number of methoxy groups -OCH3 is 1. The maximum Gasteiger partial charge on any atom is 0.244 e. The summed E-state index contributed by atoms with van der Waals surface area (Å²) in [5.74, 6) is -0.932. The Labute approximate surface area is 218 Å². The normalized spacial score (nSPS) is 14.7. The van der Waals surface area contributed by atoms with Crippen molar-refractivity contribution in [1.82, 2.24) is 10.2 Å². The number of halogens is 1. The number of carbonyl (C=O) groups is 2. The highest BCUT2D eigenvalue weighted by Gasteiger charge is 2.33. The predicted octanol–water partition coefficient (Wildman–Crippen LogP) is 3.77. The van der Waals surface area contributed by atoms with E-state index in [0.717, 1.165) is 41.8 Å². The Balaban J connectivity index is 1.96. The van der Waals surface area contributed by atoms with E-state index in [1.54, 1.807) is 30.3 Å². The van der Waals surface area contributed by atoms with Gasteiger partial charge in [0, 0.05) is 12.6 Å². The molecule has 3 rings (SSSR count). The highest BCUT2D eigenvalue weighted by molar-refractivity contribution is 7.92. The van der Waals surface area contributed by atoms with Crippen molar-refractivity contribution in [2.24, 2.45) is 0 Å². The van der Waals surface area contributed by atoms with Gasteiger partial charge >= 0.3 is 0 Å². The molecule has 1 saturated carbocycles. The second kappa shape index (κ2) is 12.4. The number of anilines is 1. The summed E-state index contributed by atoms with van der Waals surface area (Å²) < 4.78 is 45.6. The lowest BCUT2D eigenvalue weighted by Gasteiger charge is -2.33. The number of sulfonamides is 1. The quantitative estimate of drug-likeness (QED) is 0.474. The molecule has 1 N–H and O–H groups in total. The van der Waals surface area contributed by atoms with E-state index in [1.165, 1.54) is 24.1 Å². The number of benzene rings is 2. The SMILES string of the molecule is CC[C@@H](C(=O)NC1CCCC1)N(Cc1ccc(F)cc1)C(=O)CN(c1cc(C)ccc1OC)S(C)(=O)=O. The average Bonchev–Trinajstić information content (AvgIpc) is 3.35. The van der Waals surface area contributed by atoms with Crippen molar-refractivity contribution in [3.05, 3.63) is 59.4 Å². The van der Waals surface area contributed by atoms with Crippen molar-refractivity contribution in [3.63, 3.8) is 0 Å². The molecule has 10 heteroatoms. The fraction of sp³-hybridized carbons (Fsp3) is 0.481. The van der Waals surface area contributed by atoms with Crippen LogP contribution in [0.25, 0.3) is 0 Å². The van der Waals surface area contributed by atoms with Crippen LogP contribution in [-0.2, 0) is 26.2 Å². The number of nitrogens with one attached hydrogen (secondary N) is 1. The fourth-order valence-electron chi connectivity index (χ4n) is 4.66. The van der Waals surface area contributed by atoms with Crippen molar-refractivity contribution >= 4 is 27.5 Å². The van der Waals surface area contributed by atoms with Gasteiger partial charge in [-0.3, -0.25) is 13.9 Å². The fourth-order valence-corrected chi connectivity index (χ4v) is 5.51. The van der Waals surface area contributed by atoms with Crippen LogP contribution in [0.1, 0.15) is 50.2 Å². The molecule has 0 radical (unpaired) electrons. The van der Waals surface area contributed by atoms with Crippen molar-refractivity contribution in [2.75, 3.05) is 24.2 Å². The lowest BCUT2D eigenvalue weighted by Crippen LogP contribution is -2.53. The van der Waals surface area contributed by atoms with Gasteiger partial charge in [-0.15, -0.1) is 0 Å². The Hall–Kier alpha value is -3.14. The first-order valence-electron chi connectivity index (χ1n) is 12.5. The van der Waals surface area contributed by atoms with Crippen LogP contribution in [0.5, 0.6) is 5.75 Å². The molecule has 0 spiro atoms. The van der Waals surface area contributed by atoms with E-state index in [4.69, 9.17) is 4.74 Å². The molecular weight excluding hydrogens is 497 g/mol. The van der Waals surface area contributed by atoms with Gasteiger partial charge in [-0.1, -0.05) is 38.0 Å². The largest absolute Gasteiger partial charge is 0.495 e. The van der Waals surface area contributed by atoms with E-state index in [-0.39, 0.29) is 24.2 Å². The number of nitrogens with zero attached hydrogens (tertiary/aromatic N) is 2. The molecular formula is C27H36FN3O5S. The minimum Gasteiger partial charge on any atom is -0.495 e. The number of carbonyl (C=O) groups excluding carboxylic acids is 2. The number of aryl methyl sites for hydroxylation is 1. The van der Waals surface area contributed by atoms with Gasteiger partial charge in [0.05, 0.1) is 19.1 Å². The molecule has 1 atom stereocenters. The Morgan fingerprint density at radius 3 is 2.35 bits per heavy atom. The van der Waals surface area contributed by atoms with Gasteiger partial charge < -0.3 is 15.0 Å². The molecule has 0 aliphatic heterocycles. The number of hydrogen-bond donors (Lipinski definition) is 1.